The van der Waals surface area contributed by atoms with Gasteiger partial charge in [0.15, 0.2) is 0 Å². The van der Waals surface area contributed by atoms with Crippen molar-refractivity contribution in [2.45, 2.75) is 44.3 Å². The lowest BCUT2D eigenvalue weighted by atomic mass is 9.88. The summed E-state index contributed by atoms with van der Waals surface area (Å²) >= 11 is 0. The van der Waals surface area contributed by atoms with Crippen LogP contribution in [0, 0.1) is 17.8 Å². The molecule has 2 aromatic rings. The van der Waals surface area contributed by atoms with Gasteiger partial charge in [-0.1, -0.05) is 25.0 Å². The zero-order valence-corrected chi connectivity index (χ0v) is 20.3. The first-order valence-corrected chi connectivity index (χ1v) is 12.4. The Hall–Kier alpha value is -2.64. The van der Waals surface area contributed by atoms with Crippen molar-refractivity contribution in [3.8, 4) is 16.9 Å². The molecule has 182 valence electrons. The highest BCUT2D eigenvalue weighted by Crippen LogP contribution is 2.50. The Morgan fingerprint density at radius 3 is 2.44 bits per heavy atom. The summed E-state index contributed by atoms with van der Waals surface area (Å²) in [6, 6.07) is 11.2. The number of pyridine rings is 1. The van der Waals surface area contributed by atoms with E-state index >= 15 is 0 Å². The van der Waals surface area contributed by atoms with Gasteiger partial charge in [0.2, 0.25) is 5.91 Å². The van der Waals surface area contributed by atoms with Crippen molar-refractivity contribution in [2.24, 2.45) is 17.8 Å². The van der Waals surface area contributed by atoms with Crippen molar-refractivity contribution in [1.82, 2.24) is 14.4 Å². The van der Waals surface area contributed by atoms with Gasteiger partial charge >= 0.3 is 0 Å². The molecule has 1 aliphatic carbocycles. The minimum atomic E-state index is -0.347. The van der Waals surface area contributed by atoms with Gasteiger partial charge < -0.3 is 19.3 Å². The number of aliphatic hydroxyl groups is 1. The topological polar surface area (TPSA) is 75.0 Å². The summed E-state index contributed by atoms with van der Waals surface area (Å²) in [4.78, 5) is 30.9. The number of hydrogen-bond acceptors (Lipinski definition) is 5. The minimum Gasteiger partial charge on any atom is -0.497 e. The van der Waals surface area contributed by atoms with Gasteiger partial charge in [0.05, 0.1) is 19.2 Å². The lowest BCUT2D eigenvalue weighted by Gasteiger charge is -2.34. The summed E-state index contributed by atoms with van der Waals surface area (Å²) in [5, 5.41) is 10.4. The van der Waals surface area contributed by atoms with Crippen LogP contribution in [0.4, 0.5) is 0 Å². The zero-order chi connectivity index (χ0) is 24.0. The van der Waals surface area contributed by atoms with Crippen molar-refractivity contribution < 1.29 is 14.6 Å². The molecule has 1 aromatic heterocycles. The number of ether oxygens (including phenoxy) is 1. The van der Waals surface area contributed by atoms with Crippen LogP contribution in [-0.4, -0.2) is 65.8 Å². The third kappa shape index (κ3) is 3.75. The number of likely N-dealkylation sites (N-methyl/N-ethyl adjacent to an activating group) is 1. The van der Waals surface area contributed by atoms with Crippen LogP contribution in [0.1, 0.15) is 37.4 Å². The second-order valence-corrected chi connectivity index (χ2v) is 10.3. The van der Waals surface area contributed by atoms with Gasteiger partial charge in [0, 0.05) is 56.9 Å². The van der Waals surface area contributed by atoms with Crippen LogP contribution < -0.4 is 10.3 Å². The summed E-state index contributed by atoms with van der Waals surface area (Å²) in [6.45, 7) is 1.32. The first-order chi connectivity index (χ1) is 16.4. The third-order valence-corrected chi connectivity index (χ3v) is 8.23. The van der Waals surface area contributed by atoms with Crippen molar-refractivity contribution in [3.63, 3.8) is 0 Å². The highest BCUT2D eigenvalue weighted by Gasteiger charge is 2.56. The number of fused-ring (bicyclic) bond motifs is 3. The second kappa shape index (κ2) is 9.19. The zero-order valence-electron chi connectivity index (χ0n) is 20.3. The molecule has 1 aromatic carbocycles. The monoisotopic (exact) mass is 465 g/mol. The van der Waals surface area contributed by atoms with Gasteiger partial charge in [0.25, 0.3) is 5.56 Å². The predicted octanol–water partition coefficient (Wildman–Crippen LogP) is 2.77. The van der Waals surface area contributed by atoms with E-state index in [0.717, 1.165) is 23.6 Å². The van der Waals surface area contributed by atoms with Gasteiger partial charge in [-0.2, -0.15) is 0 Å². The number of rotatable bonds is 6. The molecule has 0 radical (unpaired) electrons. The normalized spacial score (nSPS) is 26.5. The van der Waals surface area contributed by atoms with Gasteiger partial charge in [0.1, 0.15) is 5.75 Å². The average molecular weight is 466 g/mol. The first kappa shape index (κ1) is 23.1. The average Bonchev–Trinajstić information content (AvgIpc) is 3.55. The molecule has 7 nitrogen and oxygen atoms in total. The number of methoxy groups -OCH3 is 1. The van der Waals surface area contributed by atoms with Crippen LogP contribution >= 0.6 is 0 Å². The van der Waals surface area contributed by atoms with E-state index in [1.807, 2.05) is 34.9 Å². The van der Waals surface area contributed by atoms with Crippen molar-refractivity contribution in [3.05, 3.63) is 52.4 Å². The number of aliphatic hydroxyl groups excluding tert-OH is 1. The van der Waals surface area contributed by atoms with Gasteiger partial charge in [-0.05, 0) is 48.6 Å². The Labute approximate surface area is 200 Å². The molecule has 34 heavy (non-hydrogen) atoms. The Bertz CT molecular complexity index is 1100. The molecule has 3 heterocycles. The Morgan fingerprint density at radius 1 is 1.12 bits per heavy atom. The van der Waals surface area contributed by atoms with E-state index in [9.17, 15) is 14.7 Å². The number of carbonyl (C=O) groups excluding carboxylic acids is 1. The lowest BCUT2D eigenvalue weighted by molar-refractivity contribution is -0.136. The van der Waals surface area contributed by atoms with E-state index < -0.39 is 0 Å². The molecule has 1 amide bonds. The molecular weight excluding hydrogens is 430 g/mol. The molecule has 3 aliphatic rings. The highest BCUT2D eigenvalue weighted by atomic mass is 16.5. The van der Waals surface area contributed by atoms with E-state index in [-0.39, 0.29) is 42.0 Å². The summed E-state index contributed by atoms with van der Waals surface area (Å²) in [5.74, 6) is 1.22. The maximum Gasteiger partial charge on any atom is 0.258 e. The van der Waals surface area contributed by atoms with Crippen LogP contribution in [0.15, 0.2) is 41.2 Å². The molecule has 0 spiro atoms. The molecule has 0 bridgehead atoms. The fraction of sp³-hybridized carbons (Fsp3) is 0.556. The summed E-state index contributed by atoms with van der Waals surface area (Å²) < 4.78 is 7.14. The van der Waals surface area contributed by atoms with Crippen LogP contribution in [0.2, 0.25) is 0 Å². The molecule has 1 N–H and O–H groups in total. The number of benzene rings is 1. The standard InChI is InChI=1S/C27H35N3O4/c1-28(2)27(33)25-22(16-31)21-15-29-23(24(21)30(25)14-17-6-4-5-7-17)13-12-20(26(29)32)18-8-10-19(34-3)11-9-18/h8-13,17,21-22,24-25,31H,4-7,14-16H2,1-3H3/t21-,22-,24+,25-/m1/s1. The number of nitrogens with zero attached hydrogens (tertiary/aromatic N) is 3. The first-order valence-electron chi connectivity index (χ1n) is 12.4. The van der Waals surface area contributed by atoms with Gasteiger partial charge in [-0.15, -0.1) is 0 Å². The molecule has 5 rings (SSSR count). The highest BCUT2D eigenvalue weighted by molar-refractivity contribution is 5.82. The Kier molecular flexibility index (Phi) is 6.25. The second-order valence-electron chi connectivity index (χ2n) is 10.3. The maximum atomic E-state index is 13.6. The molecular formula is C27H35N3O4. The van der Waals surface area contributed by atoms with E-state index in [1.165, 1.54) is 25.7 Å². The molecule has 1 saturated heterocycles. The molecule has 7 heteroatoms. The Morgan fingerprint density at radius 2 is 1.82 bits per heavy atom. The molecule has 4 atom stereocenters. The quantitative estimate of drug-likeness (QED) is 0.710. The number of hydrogen-bond donors (Lipinski definition) is 1. The molecule has 2 aliphatic heterocycles. The number of aromatic nitrogens is 1. The van der Waals surface area contributed by atoms with Crippen molar-refractivity contribution in [1.29, 1.82) is 0 Å². The number of likely N-dealkylation sites (tertiary alicyclic amines) is 1. The number of carbonyl (C=O) groups is 1. The van der Waals surface area contributed by atoms with Gasteiger partial charge in [-0.3, -0.25) is 14.5 Å². The van der Waals surface area contributed by atoms with Crippen LogP contribution in [-0.2, 0) is 11.3 Å². The van der Waals surface area contributed by atoms with Crippen LogP contribution in [0.5, 0.6) is 5.75 Å². The number of amides is 1. The van der Waals surface area contributed by atoms with Crippen molar-refractivity contribution in [2.75, 3.05) is 34.4 Å². The van der Waals surface area contributed by atoms with E-state index in [2.05, 4.69) is 11.0 Å². The fourth-order valence-electron chi connectivity index (χ4n) is 6.54. The largest absolute Gasteiger partial charge is 0.497 e. The third-order valence-electron chi connectivity index (χ3n) is 8.23. The summed E-state index contributed by atoms with van der Waals surface area (Å²) in [6.07, 6.45) is 4.85. The van der Waals surface area contributed by atoms with E-state index in [4.69, 9.17) is 4.74 Å². The molecule has 0 unspecified atom stereocenters. The molecule has 2 fully saturated rings. The maximum absolute atomic E-state index is 13.6. The summed E-state index contributed by atoms with van der Waals surface area (Å²) in [7, 11) is 5.21. The lowest BCUT2D eigenvalue weighted by Crippen LogP contribution is -2.49. The van der Waals surface area contributed by atoms with Crippen molar-refractivity contribution >= 4 is 5.91 Å². The SMILES string of the molecule is COc1ccc(-c2ccc3n(c2=O)C[C@@H]2[C@@H](CO)[C@H](C(=O)N(C)C)N(CC4CCCC4)[C@H]32)cc1. The predicted molar refractivity (Wildman–Crippen MR) is 131 cm³/mol. The van der Waals surface area contributed by atoms with E-state index in [0.29, 0.717) is 18.0 Å². The Balaban J connectivity index is 1.55. The van der Waals surface area contributed by atoms with Gasteiger partial charge in [-0.25, -0.2) is 0 Å². The smallest absolute Gasteiger partial charge is 0.258 e. The molecule has 1 saturated carbocycles. The van der Waals surface area contributed by atoms with Crippen LogP contribution in [0.25, 0.3) is 11.1 Å². The summed E-state index contributed by atoms with van der Waals surface area (Å²) in [5.41, 5.74) is 2.48. The fourth-order valence-corrected chi connectivity index (χ4v) is 6.54. The van der Waals surface area contributed by atoms with E-state index in [1.54, 1.807) is 26.1 Å². The van der Waals surface area contributed by atoms with Crippen LogP contribution in [0.3, 0.4) is 0 Å². The minimum absolute atomic E-state index is 0.00920.